The fourth-order valence-electron chi connectivity index (χ4n) is 1.92. The number of imidazole rings is 1. The first kappa shape index (κ1) is 17.7. The standard InChI is InChI=1S/C14H14ClF2N5S2/c1-14(2-3-14)21-24-7-4-8(15)13-20-5-9(22(13)6-7)11(18)23-12(19)10(16)17/h4-6,10,18-19,21H,2-3H2,1H3. The van der Waals surface area contributed by atoms with E-state index in [9.17, 15) is 8.78 Å². The minimum atomic E-state index is -2.90. The number of alkyl halides is 2. The Labute approximate surface area is 150 Å². The molecule has 0 aromatic carbocycles. The van der Waals surface area contributed by atoms with Gasteiger partial charge in [0.1, 0.15) is 10.1 Å². The zero-order valence-electron chi connectivity index (χ0n) is 12.6. The molecule has 128 valence electrons. The van der Waals surface area contributed by atoms with Gasteiger partial charge in [-0.3, -0.25) is 19.9 Å². The van der Waals surface area contributed by atoms with Gasteiger partial charge < -0.3 is 0 Å². The number of hydrogen-bond acceptors (Lipinski definition) is 6. The van der Waals surface area contributed by atoms with Gasteiger partial charge in [0, 0.05) is 16.6 Å². The average Bonchev–Trinajstić information content (AvgIpc) is 3.09. The number of rotatable bonds is 5. The highest BCUT2D eigenvalue weighted by Gasteiger charge is 2.37. The van der Waals surface area contributed by atoms with E-state index in [4.69, 9.17) is 22.4 Å². The average molecular weight is 390 g/mol. The zero-order chi connectivity index (χ0) is 17.5. The molecule has 2 heterocycles. The molecule has 2 aromatic heterocycles. The van der Waals surface area contributed by atoms with Gasteiger partial charge in [0.05, 0.1) is 16.9 Å². The van der Waals surface area contributed by atoms with Crippen molar-refractivity contribution in [3.8, 4) is 0 Å². The van der Waals surface area contributed by atoms with Crippen LogP contribution in [0.3, 0.4) is 0 Å². The van der Waals surface area contributed by atoms with E-state index in [2.05, 4.69) is 16.6 Å². The van der Waals surface area contributed by atoms with Gasteiger partial charge in [0.15, 0.2) is 5.65 Å². The lowest BCUT2D eigenvalue weighted by molar-refractivity contribution is 0.228. The molecule has 3 rings (SSSR count). The maximum atomic E-state index is 12.5. The molecule has 1 saturated carbocycles. The molecular weight excluding hydrogens is 376 g/mol. The summed E-state index contributed by atoms with van der Waals surface area (Å²) in [5.41, 5.74) is 0.906. The summed E-state index contributed by atoms with van der Waals surface area (Å²) in [6, 6.07) is 1.77. The summed E-state index contributed by atoms with van der Waals surface area (Å²) in [6.45, 7) is 2.13. The fraction of sp³-hybridized carbons (Fsp3) is 0.357. The molecular formula is C14H14ClF2N5S2. The number of fused-ring (bicyclic) bond motifs is 1. The largest absolute Gasteiger partial charge is 0.295 e. The predicted octanol–water partition coefficient (Wildman–Crippen LogP) is 4.44. The first-order valence-corrected chi connectivity index (χ1v) is 9.04. The van der Waals surface area contributed by atoms with Crippen molar-refractivity contribution in [3.63, 3.8) is 0 Å². The number of halogens is 3. The van der Waals surface area contributed by atoms with Crippen LogP contribution >= 0.6 is 35.3 Å². The number of aromatic nitrogens is 2. The zero-order valence-corrected chi connectivity index (χ0v) is 15.0. The quantitative estimate of drug-likeness (QED) is 0.401. The van der Waals surface area contributed by atoms with Crippen LogP contribution in [0.2, 0.25) is 5.02 Å². The molecule has 0 bridgehead atoms. The third kappa shape index (κ3) is 3.74. The van der Waals surface area contributed by atoms with Crippen molar-refractivity contribution in [1.29, 1.82) is 10.8 Å². The van der Waals surface area contributed by atoms with Gasteiger partial charge in [-0.1, -0.05) is 11.6 Å². The Balaban J connectivity index is 1.87. The molecule has 0 unspecified atom stereocenters. The van der Waals surface area contributed by atoms with Gasteiger partial charge in [-0.2, -0.15) is 0 Å². The molecule has 0 radical (unpaired) electrons. The van der Waals surface area contributed by atoms with E-state index in [0.717, 1.165) is 17.7 Å². The van der Waals surface area contributed by atoms with Crippen LogP contribution in [0, 0.1) is 10.8 Å². The van der Waals surface area contributed by atoms with E-state index in [1.54, 1.807) is 16.7 Å². The molecule has 3 N–H and O–H groups in total. The second-order valence-electron chi connectivity index (χ2n) is 5.72. The summed E-state index contributed by atoms with van der Waals surface area (Å²) in [5, 5.41) is 14.6. The maximum Gasteiger partial charge on any atom is 0.285 e. The minimum absolute atomic E-state index is 0.138. The van der Waals surface area contributed by atoms with Gasteiger partial charge >= 0.3 is 0 Å². The van der Waals surface area contributed by atoms with E-state index >= 15 is 0 Å². The second-order valence-corrected chi connectivity index (χ2v) is 8.06. The summed E-state index contributed by atoms with van der Waals surface area (Å²) in [7, 11) is 0. The molecule has 5 nitrogen and oxygen atoms in total. The topological polar surface area (TPSA) is 77.0 Å². The van der Waals surface area contributed by atoms with Crippen LogP contribution in [0.5, 0.6) is 0 Å². The molecule has 2 aromatic rings. The highest BCUT2D eigenvalue weighted by atomic mass is 35.5. The molecule has 0 saturated heterocycles. The Hall–Kier alpha value is -1.16. The van der Waals surface area contributed by atoms with Crippen molar-refractivity contribution in [1.82, 2.24) is 14.1 Å². The Morgan fingerprint density at radius 2 is 2.17 bits per heavy atom. The number of thioether (sulfide) groups is 1. The van der Waals surface area contributed by atoms with Gasteiger partial charge in [-0.15, -0.1) is 0 Å². The predicted molar refractivity (Wildman–Crippen MR) is 95.0 cm³/mol. The Bertz CT molecular complexity index is 819. The third-order valence-electron chi connectivity index (χ3n) is 3.59. The molecule has 0 spiro atoms. The first-order chi connectivity index (χ1) is 11.3. The van der Waals surface area contributed by atoms with Crippen molar-refractivity contribution in [2.45, 2.75) is 36.6 Å². The second kappa shape index (κ2) is 6.62. The van der Waals surface area contributed by atoms with E-state index in [-0.39, 0.29) is 10.6 Å². The normalized spacial score (nSPS) is 15.9. The van der Waals surface area contributed by atoms with Crippen LogP contribution in [-0.4, -0.2) is 31.4 Å². The van der Waals surface area contributed by atoms with Crippen LogP contribution in [0.25, 0.3) is 5.65 Å². The summed E-state index contributed by atoms with van der Waals surface area (Å²) in [5.74, 6) is 0. The van der Waals surface area contributed by atoms with Crippen molar-refractivity contribution < 1.29 is 8.78 Å². The number of hydrogen-bond donors (Lipinski definition) is 3. The van der Waals surface area contributed by atoms with Crippen molar-refractivity contribution in [2.24, 2.45) is 0 Å². The molecule has 1 aliphatic rings. The third-order valence-corrected chi connectivity index (χ3v) is 5.74. The smallest absolute Gasteiger partial charge is 0.285 e. The van der Waals surface area contributed by atoms with Crippen LogP contribution in [0.1, 0.15) is 25.5 Å². The lowest BCUT2D eigenvalue weighted by Crippen LogP contribution is -2.20. The SMILES string of the molecule is CC1(NSc2cc(Cl)c3ncc(C(=N)SC(=N)C(F)F)n3c2)CC1. The van der Waals surface area contributed by atoms with Gasteiger partial charge in [-0.25, -0.2) is 13.8 Å². The monoisotopic (exact) mass is 389 g/mol. The summed E-state index contributed by atoms with van der Waals surface area (Å²) >= 11 is 8.09. The van der Waals surface area contributed by atoms with Crippen LogP contribution < -0.4 is 4.72 Å². The highest BCUT2D eigenvalue weighted by molar-refractivity contribution is 8.26. The molecule has 0 aliphatic heterocycles. The van der Waals surface area contributed by atoms with Crippen LogP contribution in [0.15, 0.2) is 23.4 Å². The van der Waals surface area contributed by atoms with Crippen molar-refractivity contribution in [2.75, 3.05) is 0 Å². The summed E-state index contributed by atoms with van der Waals surface area (Å²) in [6.07, 6.45) is 2.49. The molecule has 0 amide bonds. The Kier molecular flexibility index (Phi) is 4.87. The van der Waals surface area contributed by atoms with Gasteiger partial charge in [0.2, 0.25) is 0 Å². The fourth-order valence-corrected chi connectivity index (χ4v) is 3.71. The highest BCUT2D eigenvalue weighted by Crippen LogP contribution is 2.38. The van der Waals surface area contributed by atoms with E-state index in [1.807, 2.05) is 0 Å². The number of pyridine rings is 1. The van der Waals surface area contributed by atoms with Gasteiger partial charge in [-0.05, 0) is 49.5 Å². The van der Waals surface area contributed by atoms with E-state index in [1.165, 1.54) is 18.1 Å². The van der Waals surface area contributed by atoms with Crippen LogP contribution in [-0.2, 0) is 0 Å². The maximum absolute atomic E-state index is 12.5. The molecule has 0 atom stereocenters. The Morgan fingerprint density at radius 1 is 1.46 bits per heavy atom. The lowest BCUT2D eigenvalue weighted by Gasteiger charge is -2.11. The summed E-state index contributed by atoms with van der Waals surface area (Å²) in [4.78, 5) is 4.98. The van der Waals surface area contributed by atoms with E-state index < -0.39 is 11.5 Å². The van der Waals surface area contributed by atoms with Crippen molar-refractivity contribution in [3.05, 3.63) is 29.2 Å². The lowest BCUT2D eigenvalue weighted by atomic mass is 10.4. The minimum Gasteiger partial charge on any atom is -0.295 e. The summed E-state index contributed by atoms with van der Waals surface area (Å²) < 4.78 is 29.9. The molecule has 1 aliphatic carbocycles. The molecule has 10 heteroatoms. The molecule has 24 heavy (non-hydrogen) atoms. The van der Waals surface area contributed by atoms with Crippen LogP contribution in [0.4, 0.5) is 8.78 Å². The molecule has 1 fully saturated rings. The van der Waals surface area contributed by atoms with E-state index in [0.29, 0.717) is 28.1 Å². The van der Waals surface area contributed by atoms with Gasteiger partial charge in [0.25, 0.3) is 6.43 Å². The Morgan fingerprint density at radius 3 is 2.79 bits per heavy atom. The van der Waals surface area contributed by atoms with Crippen molar-refractivity contribution >= 4 is 51.0 Å². The number of nitrogens with one attached hydrogen (secondary N) is 3. The first-order valence-electron chi connectivity index (χ1n) is 7.03. The number of nitrogens with zero attached hydrogens (tertiary/aromatic N) is 2.